The van der Waals surface area contributed by atoms with Crippen LogP contribution in [0.15, 0.2) is 21.9 Å². The van der Waals surface area contributed by atoms with Gasteiger partial charge in [0.15, 0.2) is 0 Å². The zero-order chi connectivity index (χ0) is 14.8. The number of halogens is 4. The zero-order valence-electron chi connectivity index (χ0n) is 9.03. The summed E-state index contributed by atoms with van der Waals surface area (Å²) >= 11 is -0.515. The number of alkyl halides is 3. The van der Waals surface area contributed by atoms with Crippen molar-refractivity contribution in [3.05, 3.63) is 23.3 Å². The highest BCUT2D eigenvalue weighted by atomic mass is 35.7. The van der Waals surface area contributed by atoms with Crippen LogP contribution in [-0.4, -0.2) is 13.9 Å². The molecular formula is C9H6ClF3N2O2S2. The Bertz CT molecular complexity index is 638. The third kappa shape index (κ3) is 4.28. The maximum atomic E-state index is 12.3. The summed E-state index contributed by atoms with van der Waals surface area (Å²) in [5, 5.41) is 8.77. The summed E-state index contributed by atoms with van der Waals surface area (Å²) in [4.78, 5) is -0.876. The van der Waals surface area contributed by atoms with Gasteiger partial charge in [0.25, 0.3) is 9.05 Å². The van der Waals surface area contributed by atoms with E-state index in [1.165, 1.54) is 6.07 Å². The standard InChI is InChI=1S/C9H6ClF3N2O2S2/c10-19(16,17)8-2-5(3-14)7(1-6(8)4-15)18-9(11,12)13/h1-2H,4,15H2. The number of nitrogens with zero attached hydrogens (tertiary/aromatic N) is 1. The number of benzene rings is 1. The van der Waals surface area contributed by atoms with Crippen LogP contribution < -0.4 is 5.73 Å². The summed E-state index contributed by atoms with van der Waals surface area (Å²) in [6, 6.07) is 3.20. The van der Waals surface area contributed by atoms with Gasteiger partial charge in [-0.25, -0.2) is 8.42 Å². The summed E-state index contributed by atoms with van der Waals surface area (Å²) in [7, 11) is 0.947. The molecule has 19 heavy (non-hydrogen) atoms. The first-order valence-corrected chi connectivity index (χ1v) is 7.68. The second-order valence-electron chi connectivity index (χ2n) is 3.26. The lowest BCUT2D eigenvalue weighted by atomic mass is 10.1. The van der Waals surface area contributed by atoms with E-state index < -0.39 is 41.7 Å². The van der Waals surface area contributed by atoms with Gasteiger partial charge in [0.05, 0.1) is 10.5 Å². The Morgan fingerprint density at radius 3 is 2.37 bits per heavy atom. The van der Waals surface area contributed by atoms with Gasteiger partial charge in [-0.15, -0.1) is 0 Å². The Hall–Kier alpha value is -0.950. The van der Waals surface area contributed by atoms with Gasteiger partial charge in [0.2, 0.25) is 0 Å². The van der Waals surface area contributed by atoms with Crippen molar-refractivity contribution >= 4 is 31.5 Å². The molecule has 1 aromatic rings. The number of hydrogen-bond acceptors (Lipinski definition) is 5. The van der Waals surface area contributed by atoms with Crippen molar-refractivity contribution < 1.29 is 21.6 Å². The van der Waals surface area contributed by atoms with Crippen LogP contribution in [0.3, 0.4) is 0 Å². The van der Waals surface area contributed by atoms with Crippen LogP contribution in [0.25, 0.3) is 0 Å². The largest absolute Gasteiger partial charge is 0.446 e. The minimum atomic E-state index is -4.60. The molecule has 0 heterocycles. The molecule has 0 fully saturated rings. The van der Waals surface area contributed by atoms with Crippen LogP contribution in [0.4, 0.5) is 13.2 Å². The molecule has 0 amide bonds. The number of hydrogen-bond donors (Lipinski definition) is 1. The van der Waals surface area contributed by atoms with Crippen LogP contribution in [0.5, 0.6) is 0 Å². The number of thioether (sulfide) groups is 1. The molecule has 0 atom stereocenters. The van der Waals surface area contributed by atoms with Gasteiger partial charge in [0.1, 0.15) is 6.07 Å². The number of nitriles is 1. The van der Waals surface area contributed by atoms with Gasteiger partial charge in [-0.1, -0.05) is 0 Å². The van der Waals surface area contributed by atoms with E-state index in [4.69, 9.17) is 21.7 Å². The molecule has 0 bridgehead atoms. The molecule has 4 nitrogen and oxygen atoms in total. The zero-order valence-corrected chi connectivity index (χ0v) is 11.4. The highest BCUT2D eigenvalue weighted by Gasteiger charge is 2.31. The van der Waals surface area contributed by atoms with E-state index in [-0.39, 0.29) is 12.1 Å². The first-order chi connectivity index (χ1) is 8.58. The molecule has 0 aliphatic heterocycles. The number of nitrogens with two attached hydrogens (primary N) is 1. The normalized spacial score (nSPS) is 12.2. The van der Waals surface area contributed by atoms with Gasteiger partial charge in [-0.2, -0.15) is 18.4 Å². The predicted octanol–water partition coefficient (Wildman–Crippen LogP) is 2.56. The second kappa shape index (κ2) is 5.58. The molecule has 0 aliphatic rings. The predicted molar refractivity (Wildman–Crippen MR) is 64.0 cm³/mol. The van der Waals surface area contributed by atoms with E-state index in [1.54, 1.807) is 0 Å². The fourth-order valence-corrected chi connectivity index (χ4v) is 3.10. The summed E-state index contributed by atoms with van der Waals surface area (Å²) in [5.41, 5.74) is 0.162. The van der Waals surface area contributed by atoms with Crippen molar-refractivity contribution in [2.24, 2.45) is 5.73 Å². The summed E-state index contributed by atoms with van der Waals surface area (Å²) in [6.07, 6.45) is 0. The van der Waals surface area contributed by atoms with E-state index in [9.17, 15) is 21.6 Å². The van der Waals surface area contributed by atoms with Gasteiger partial charge < -0.3 is 5.73 Å². The minimum absolute atomic E-state index is 0.0826. The molecule has 0 unspecified atom stereocenters. The average Bonchev–Trinajstić information content (AvgIpc) is 2.24. The van der Waals surface area contributed by atoms with Crippen LogP contribution in [0, 0.1) is 11.3 Å². The molecule has 1 rings (SSSR count). The van der Waals surface area contributed by atoms with Crippen LogP contribution in [0.2, 0.25) is 0 Å². The Kier molecular flexibility index (Phi) is 4.73. The van der Waals surface area contributed by atoms with Gasteiger partial charge in [-0.3, -0.25) is 0 Å². The third-order valence-electron chi connectivity index (χ3n) is 1.99. The molecule has 104 valence electrons. The van der Waals surface area contributed by atoms with Crippen molar-refractivity contribution in [3.63, 3.8) is 0 Å². The Labute approximate surface area is 115 Å². The van der Waals surface area contributed by atoms with Crippen molar-refractivity contribution in [1.82, 2.24) is 0 Å². The Morgan fingerprint density at radius 1 is 1.42 bits per heavy atom. The number of rotatable bonds is 3. The van der Waals surface area contributed by atoms with Gasteiger partial charge >= 0.3 is 5.51 Å². The Balaban J connectivity index is 3.50. The average molecular weight is 331 g/mol. The van der Waals surface area contributed by atoms with E-state index in [0.717, 1.165) is 12.1 Å². The maximum Gasteiger partial charge on any atom is 0.446 e. The lowest BCUT2D eigenvalue weighted by molar-refractivity contribution is -0.0328. The summed E-state index contributed by atoms with van der Waals surface area (Å²) in [6.45, 7) is -0.321. The lowest BCUT2D eigenvalue weighted by Crippen LogP contribution is -2.07. The summed E-state index contributed by atoms with van der Waals surface area (Å²) < 4.78 is 59.4. The first kappa shape index (κ1) is 16.1. The molecular weight excluding hydrogens is 325 g/mol. The fourth-order valence-electron chi connectivity index (χ4n) is 1.29. The maximum absolute atomic E-state index is 12.3. The Morgan fingerprint density at radius 2 is 2.00 bits per heavy atom. The van der Waals surface area contributed by atoms with Crippen molar-refractivity contribution in [2.45, 2.75) is 21.8 Å². The van der Waals surface area contributed by atoms with E-state index in [0.29, 0.717) is 0 Å². The highest BCUT2D eigenvalue weighted by molar-refractivity contribution is 8.13. The quantitative estimate of drug-likeness (QED) is 0.680. The van der Waals surface area contributed by atoms with Crippen LogP contribution in [0.1, 0.15) is 11.1 Å². The van der Waals surface area contributed by atoms with Crippen LogP contribution >= 0.6 is 22.4 Å². The lowest BCUT2D eigenvalue weighted by Gasteiger charge is -2.11. The third-order valence-corrected chi connectivity index (χ3v) is 4.18. The molecule has 2 N–H and O–H groups in total. The monoisotopic (exact) mass is 330 g/mol. The topological polar surface area (TPSA) is 84.0 Å². The smallest absolute Gasteiger partial charge is 0.326 e. The molecule has 0 spiro atoms. The van der Waals surface area contributed by atoms with Gasteiger partial charge in [0, 0.05) is 22.1 Å². The molecule has 10 heteroatoms. The highest BCUT2D eigenvalue weighted by Crippen LogP contribution is 2.40. The van der Waals surface area contributed by atoms with Gasteiger partial charge in [-0.05, 0) is 29.5 Å². The van der Waals surface area contributed by atoms with Crippen LogP contribution in [-0.2, 0) is 15.6 Å². The van der Waals surface area contributed by atoms with Crippen molar-refractivity contribution in [1.29, 1.82) is 5.26 Å². The minimum Gasteiger partial charge on any atom is -0.326 e. The van der Waals surface area contributed by atoms with Crippen molar-refractivity contribution in [3.8, 4) is 6.07 Å². The van der Waals surface area contributed by atoms with E-state index in [1.807, 2.05) is 0 Å². The van der Waals surface area contributed by atoms with E-state index >= 15 is 0 Å². The summed E-state index contributed by atoms with van der Waals surface area (Å²) in [5.74, 6) is 0. The fraction of sp³-hybridized carbons (Fsp3) is 0.222. The molecule has 0 saturated heterocycles. The SMILES string of the molecule is N#Cc1cc(S(=O)(=O)Cl)c(CN)cc1SC(F)(F)F. The molecule has 0 aromatic heterocycles. The molecule has 1 aromatic carbocycles. The van der Waals surface area contributed by atoms with Crippen molar-refractivity contribution in [2.75, 3.05) is 0 Å². The molecule has 0 radical (unpaired) electrons. The molecule has 0 saturated carbocycles. The molecule has 0 aliphatic carbocycles. The first-order valence-electron chi connectivity index (χ1n) is 4.56. The van der Waals surface area contributed by atoms with E-state index in [2.05, 4.69) is 0 Å². The second-order valence-corrected chi connectivity index (χ2v) is 6.90.